The number of hydrogen-bond donors (Lipinski definition) is 1. The number of rotatable bonds is 5. The summed E-state index contributed by atoms with van der Waals surface area (Å²) in [7, 11) is 3.50. The van der Waals surface area contributed by atoms with Crippen LogP contribution in [0.4, 0.5) is 0 Å². The van der Waals surface area contributed by atoms with Gasteiger partial charge in [0.1, 0.15) is 11.3 Å². The molecule has 2 aromatic rings. The fraction of sp³-hybridized carbons (Fsp3) is 0.450. The Morgan fingerprint density at radius 1 is 1.21 bits per heavy atom. The molecule has 150 valence electrons. The predicted octanol–water partition coefficient (Wildman–Crippen LogP) is -0.704. The van der Waals surface area contributed by atoms with Crippen molar-refractivity contribution >= 4 is 22.8 Å². The van der Waals surface area contributed by atoms with Crippen LogP contribution in [0.15, 0.2) is 33.5 Å². The van der Waals surface area contributed by atoms with Crippen LogP contribution in [-0.2, 0) is 9.59 Å². The molecule has 0 radical (unpaired) electrons. The summed E-state index contributed by atoms with van der Waals surface area (Å²) in [5, 5.41) is 0.838. The van der Waals surface area contributed by atoms with Crippen LogP contribution in [0.3, 0.4) is 0 Å². The maximum Gasteiger partial charge on any atom is 0.336 e. The van der Waals surface area contributed by atoms with Crippen LogP contribution < -0.4 is 15.3 Å². The van der Waals surface area contributed by atoms with Gasteiger partial charge in [-0.05, 0) is 24.6 Å². The highest BCUT2D eigenvalue weighted by Crippen LogP contribution is 2.22. The Hall–Kier alpha value is -2.87. The number of quaternary nitrogens is 1. The van der Waals surface area contributed by atoms with Gasteiger partial charge in [-0.1, -0.05) is 0 Å². The first kappa shape index (κ1) is 19.9. The molecule has 3 rings (SSSR count). The van der Waals surface area contributed by atoms with E-state index in [0.29, 0.717) is 31.0 Å². The van der Waals surface area contributed by atoms with Gasteiger partial charge in [0.15, 0.2) is 13.2 Å². The van der Waals surface area contributed by atoms with Crippen LogP contribution in [0.5, 0.6) is 5.75 Å². The number of ether oxygens (including phenoxy) is 1. The van der Waals surface area contributed by atoms with E-state index < -0.39 is 5.63 Å². The maximum atomic E-state index is 12.4. The quantitative estimate of drug-likeness (QED) is 0.685. The van der Waals surface area contributed by atoms with Gasteiger partial charge in [-0.2, -0.15) is 0 Å². The largest absolute Gasteiger partial charge is 0.484 e. The molecule has 0 aliphatic carbocycles. The minimum absolute atomic E-state index is 0.0759. The molecular weight excluding hydrogens is 362 g/mol. The molecular formula is C20H26N3O5+. The lowest BCUT2D eigenvalue weighted by Gasteiger charge is -2.32. The van der Waals surface area contributed by atoms with Gasteiger partial charge in [-0.25, -0.2) is 4.79 Å². The van der Waals surface area contributed by atoms with Gasteiger partial charge in [-0.15, -0.1) is 0 Å². The summed E-state index contributed by atoms with van der Waals surface area (Å²) in [5.41, 5.74) is 0.867. The third-order valence-corrected chi connectivity index (χ3v) is 5.01. The van der Waals surface area contributed by atoms with Crippen LogP contribution in [0, 0.1) is 6.92 Å². The van der Waals surface area contributed by atoms with Crippen molar-refractivity contribution in [2.45, 2.75) is 6.92 Å². The monoisotopic (exact) mass is 388 g/mol. The molecule has 1 fully saturated rings. The highest BCUT2D eigenvalue weighted by Gasteiger charge is 2.25. The Morgan fingerprint density at radius 2 is 1.93 bits per heavy atom. The van der Waals surface area contributed by atoms with Crippen LogP contribution in [0.25, 0.3) is 11.0 Å². The number of benzene rings is 1. The van der Waals surface area contributed by atoms with Gasteiger partial charge in [0.05, 0.1) is 26.2 Å². The first-order valence-corrected chi connectivity index (χ1v) is 9.32. The van der Waals surface area contributed by atoms with Crippen molar-refractivity contribution in [2.24, 2.45) is 0 Å². The zero-order valence-corrected chi connectivity index (χ0v) is 16.5. The van der Waals surface area contributed by atoms with Gasteiger partial charge in [0.2, 0.25) is 0 Å². The maximum absolute atomic E-state index is 12.4. The van der Waals surface area contributed by atoms with Crippen LogP contribution in [0.1, 0.15) is 5.56 Å². The minimum Gasteiger partial charge on any atom is -0.484 e. The summed E-state index contributed by atoms with van der Waals surface area (Å²) in [4.78, 5) is 40.3. The molecule has 0 saturated carbocycles. The van der Waals surface area contributed by atoms with Gasteiger partial charge in [0, 0.05) is 31.6 Å². The predicted molar refractivity (Wildman–Crippen MR) is 104 cm³/mol. The molecule has 8 heteroatoms. The summed E-state index contributed by atoms with van der Waals surface area (Å²) in [5.74, 6) is 0.482. The fourth-order valence-electron chi connectivity index (χ4n) is 3.25. The lowest BCUT2D eigenvalue weighted by Crippen LogP contribution is -3.15. The molecule has 1 aliphatic heterocycles. The van der Waals surface area contributed by atoms with Crippen molar-refractivity contribution in [2.75, 3.05) is 53.4 Å². The summed E-state index contributed by atoms with van der Waals surface area (Å²) < 4.78 is 10.8. The van der Waals surface area contributed by atoms with Crippen LogP contribution in [-0.4, -0.2) is 75.0 Å². The number of fused-ring (bicyclic) bond motifs is 1. The van der Waals surface area contributed by atoms with Crippen molar-refractivity contribution in [3.8, 4) is 5.75 Å². The van der Waals surface area contributed by atoms with Crippen molar-refractivity contribution in [3.05, 3.63) is 40.2 Å². The second-order valence-corrected chi connectivity index (χ2v) is 7.29. The average molecular weight is 388 g/mol. The van der Waals surface area contributed by atoms with E-state index in [-0.39, 0.29) is 18.4 Å². The number of amides is 2. The minimum atomic E-state index is -0.411. The average Bonchev–Trinajstić information content (AvgIpc) is 2.66. The molecule has 8 nitrogen and oxygen atoms in total. The van der Waals surface area contributed by atoms with Crippen molar-refractivity contribution in [3.63, 3.8) is 0 Å². The summed E-state index contributed by atoms with van der Waals surface area (Å²) in [6.07, 6.45) is 0. The first-order valence-electron chi connectivity index (χ1n) is 9.32. The number of piperazine rings is 1. The Kier molecular flexibility index (Phi) is 5.99. The molecule has 1 aromatic carbocycles. The van der Waals surface area contributed by atoms with Crippen LogP contribution in [0.2, 0.25) is 0 Å². The number of carbonyl (C=O) groups is 2. The molecule has 1 saturated heterocycles. The number of hydrogen-bond acceptors (Lipinski definition) is 5. The molecule has 0 spiro atoms. The van der Waals surface area contributed by atoms with E-state index in [0.717, 1.165) is 24.0 Å². The van der Waals surface area contributed by atoms with Gasteiger partial charge in [0.25, 0.3) is 11.8 Å². The van der Waals surface area contributed by atoms with Crippen LogP contribution >= 0.6 is 0 Å². The molecule has 1 aliphatic rings. The third kappa shape index (κ3) is 4.69. The number of likely N-dealkylation sites (N-methyl/N-ethyl adjacent to an activating group) is 1. The topological polar surface area (TPSA) is 84.5 Å². The van der Waals surface area contributed by atoms with E-state index in [1.165, 1.54) is 11.0 Å². The lowest BCUT2D eigenvalue weighted by molar-refractivity contribution is -0.896. The molecule has 0 unspecified atom stereocenters. The number of nitrogens with one attached hydrogen (secondary N) is 1. The van der Waals surface area contributed by atoms with Gasteiger partial charge in [-0.3, -0.25) is 9.59 Å². The molecule has 0 bridgehead atoms. The lowest BCUT2D eigenvalue weighted by atomic mass is 10.1. The highest BCUT2D eigenvalue weighted by atomic mass is 16.5. The van der Waals surface area contributed by atoms with Crippen molar-refractivity contribution in [1.82, 2.24) is 9.80 Å². The summed E-state index contributed by atoms with van der Waals surface area (Å²) in [6.45, 7) is 4.91. The molecule has 28 heavy (non-hydrogen) atoms. The number of nitrogens with zero attached hydrogens (tertiary/aromatic N) is 2. The van der Waals surface area contributed by atoms with E-state index in [1.807, 2.05) is 13.0 Å². The van der Waals surface area contributed by atoms with Crippen molar-refractivity contribution in [1.29, 1.82) is 0 Å². The molecule has 2 amide bonds. The Bertz CT molecular complexity index is 929. The zero-order chi connectivity index (χ0) is 20.3. The summed E-state index contributed by atoms with van der Waals surface area (Å²) >= 11 is 0. The normalized spacial score (nSPS) is 14.9. The Balaban J connectivity index is 1.53. The van der Waals surface area contributed by atoms with E-state index in [4.69, 9.17) is 9.15 Å². The van der Waals surface area contributed by atoms with Crippen molar-refractivity contribution < 1.29 is 23.6 Å². The molecule has 2 heterocycles. The standard InChI is InChI=1S/C20H25N3O5/c1-14-10-20(26)28-17-11-15(4-5-16(14)17)27-13-19(25)23-8-6-22(7-9-23)12-18(24)21(2)3/h4-5,10-11H,6-9,12-13H2,1-3H3/p+1. The van der Waals surface area contributed by atoms with Gasteiger partial charge >= 0.3 is 5.63 Å². The second-order valence-electron chi connectivity index (χ2n) is 7.29. The summed E-state index contributed by atoms with van der Waals surface area (Å²) in [6, 6.07) is 6.65. The number of carbonyl (C=O) groups excluding carboxylic acids is 2. The molecule has 1 N–H and O–H groups in total. The van der Waals surface area contributed by atoms with E-state index in [2.05, 4.69) is 0 Å². The van der Waals surface area contributed by atoms with E-state index in [9.17, 15) is 14.4 Å². The highest BCUT2D eigenvalue weighted by molar-refractivity contribution is 5.82. The second kappa shape index (κ2) is 8.43. The Morgan fingerprint density at radius 3 is 2.61 bits per heavy atom. The first-order chi connectivity index (χ1) is 13.3. The molecule has 0 atom stereocenters. The van der Waals surface area contributed by atoms with Gasteiger partial charge < -0.3 is 23.9 Å². The number of aryl methyl sites for hydroxylation is 1. The zero-order valence-electron chi connectivity index (χ0n) is 16.5. The van der Waals surface area contributed by atoms with E-state index >= 15 is 0 Å². The Labute approximate surface area is 163 Å². The molecule has 1 aromatic heterocycles. The SMILES string of the molecule is Cc1cc(=O)oc2cc(OCC(=O)N3CC[NH+](CC(=O)N(C)C)CC3)ccc12. The fourth-order valence-corrected chi connectivity index (χ4v) is 3.25. The third-order valence-electron chi connectivity index (χ3n) is 5.01. The smallest absolute Gasteiger partial charge is 0.336 e. The van der Waals surface area contributed by atoms with E-state index in [1.54, 1.807) is 36.0 Å².